The molecule has 2 heteroatoms. The van der Waals surface area contributed by atoms with Crippen LogP contribution in [0.25, 0.3) is 21.5 Å². The summed E-state index contributed by atoms with van der Waals surface area (Å²) in [6.07, 6.45) is 0. The predicted octanol–water partition coefficient (Wildman–Crippen LogP) is 3.42. The number of hydrogen-bond donors (Lipinski definition) is 0. The van der Waals surface area contributed by atoms with Gasteiger partial charge in [-0.05, 0) is 27.6 Å². The van der Waals surface area contributed by atoms with Crippen molar-refractivity contribution in [3.8, 4) is 0 Å². The van der Waals surface area contributed by atoms with Crippen molar-refractivity contribution in [2.75, 3.05) is 0 Å². The quantitative estimate of drug-likeness (QED) is 0.579. The number of fused-ring (bicyclic) bond motifs is 3. The van der Waals surface area contributed by atoms with Gasteiger partial charge in [-0.2, -0.15) is 0 Å². The Morgan fingerprint density at radius 3 is 2.35 bits per heavy atom. The van der Waals surface area contributed by atoms with Crippen LogP contribution in [0.4, 0.5) is 0 Å². The molecule has 0 saturated carbocycles. The number of carbonyl (C=O) groups excluding carboxylic acids is 1. The highest BCUT2D eigenvalue weighted by Crippen LogP contribution is 2.27. The van der Waals surface area contributed by atoms with Crippen LogP contribution in [-0.2, 0) is 0 Å². The first-order valence-electron chi connectivity index (χ1n) is 5.44. The molecule has 1 N–H and O–H groups in total. The number of hydrogen-bond acceptors (Lipinski definition) is 1. The van der Waals surface area contributed by atoms with Crippen LogP contribution in [0.3, 0.4) is 0 Å². The molecule has 0 heterocycles. The third kappa shape index (κ3) is 1.46. The molecule has 1 amide bonds. The van der Waals surface area contributed by atoms with Gasteiger partial charge in [0.2, 0.25) is 0 Å². The van der Waals surface area contributed by atoms with Gasteiger partial charge in [-0.15, -0.1) is 0 Å². The highest BCUT2D eigenvalue weighted by atomic mass is 16.1. The van der Waals surface area contributed by atoms with Crippen molar-refractivity contribution in [2.24, 2.45) is 0 Å². The molecule has 0 fully saturated rings. The maximum atomic E-state index is 11.3. The lowest BCUT2D eigenvalue weighted by Crippen LogP contribution is -1.99. The van der Waals surface area contributed by atoms with Crippen LogP contribution in [-0.4, -0.2) is 5.91 Å². The second-order valence-electron chi connectivity index (χ2n) is 4.02. The Morgan fingerprint density at radius 2 is 1.53 bits per heavy atom. The van der Waals surface area contributed by atoms with E-state index in [0.717, 1.165) is 21.5 Å². The molecule has 2 nitrogen and oxygen atoms in total. The molecule has 0 bridgehead atoms. The van der Waals surface area contributed by atoms with Gasteiger partial charge >= 0.3 is 0 Å². The summed E-state index contributed by atoms with van der Waals surface area (Å²) in [7, 11) is 0. The first kappa shape index (κ1) is 9.85. The molecule has 3 aromatic rings. The Labute approximate surface area is 98.7 Å². The van der Waals surface area contributed by atoms with E-state index in [1.807, 2.05) is 48.5 Å². The minimum atomic E-state index is -0.633. The summed E-state index contributed by atoms with van der Waals surface area (Å²) in [5.41, 5.74) is 7.74. The Morgan fingerprint density at radius 1 is 0.765 bits per heavy atom. The van der Waals surface area contributed by atoms with E-state index >= 15 is 0 Å². The first-order valence-corrected chi connectivity index (χ1v) is 5.44. The average Bonchev–Trinajstić information content (AvgIpc) is 2.37. The Bertz CT molecular complexity index is 731. The summed E-state index contributed by atoms with van der Waals surface area (Å²) in [5, 5.41) is 4.15. The van der Waals surface area contributed by atoms with Gasteiger partial charge in [0.25, 0.3) is 5.91 Å². The van der Waals surface area contributed by atoms with E-state index in [4.69, 9.17) is 5.73 Å². The van der Waals surface area contributed by atoms with Crippen molar-refractivity contribution in [1.29, 1.82) is 0 Å². The lowest BCUT2D eigenvalue weighted by Gasteiger charge is -2.06. The van der Waals surface area contributed by atoms with Crippen LogP contribution in [0.5, 0.6) is 0 Å². The van der Waals surface area contributed by atoms with Crippen molar-refractivity contribution in [3.05, 3.63) is 60.2 Å². The van der Waals surface area contributed by atoms with E-state index in [0.29, 0.717) is 5.56 Å². The molecule has 0 spiro atoms. The summed E-state index contributed by atoms with van der Waals surface area (Å²) in [4.78, 5) is 11.3. The fourth-order valence-electron chi connectivity index (χ4n) is 2.24. The molecule has 17 heavy (non-hydrogen) atoms. The number of carbonyl (C=O) groups is 1. The lowest BCUT2D eigenvalue weighted by molar-refractivity contribution is 0.0993. The molecular formula is C15H10NO. The normalized spacial score (nSPS) is 10.8. The van der Waals surface area contributed by atoms with Gasteiger partial charge in [-0.1, -0.05) is 48.5 Å². The number of benzene rings is 3. The van der Waals surface area contributed by atoms with Gasteiger partial charge in [0.05, 0.1) is 0 Å². The van der Waals surface area contributed by atoms with Crippen LogP contribution >= 0.6 is 0 Å². The van der Waals surface area contributed by atoms with E-state index in [-0.39, 0.29) is 0 Å². The fraction of sp³-hybridized carbons (Fsp3) is 0. The second-order valence-corrected chi connectivity index (χ2v) is 4.02. The summed E-state index contributed by atoms with van der Waals surface area (Å²) in [6.45, 7) is 0. The van der Waals surface area contributed by atoms with E-state index in [2.05, 4.69) is 0 Å². The Kier molecular flexibility index (Phi) is 2.08. The highest BCUT2D eigenvalue weighted by molar-refractivity contribution is 6.14. The van der Waals surface area contributed by atoms with Crippen molar-refractivity contribution in [1.82, 2.24) is 5.73 Å². The molecular weight excluding hydrogens is 210 g/mol. The van der Waals surface area contributed by atoms with Gasteiger partial charge in [0.1, 0.15) is 0 Å². The minimum absolute atomic E-state index is 0.466. The van der Waals surface area contributed by atoms with Crippen LogP contribution < -0.4 is 5.73 Å². The van der Waals surface area contributed by atoms with Crippen LogP contribution in [0.15, 0.2) is 54.6 Å². The van der Waals surface area contributed by atoms with Crippen molar-refractivity contribution in [2.45, 2.75) is 0 Å². The molecule has 0 saturated heterocycles. The molecule has 0 aliphatic carbocycles. The van der Waals surface area contributed by atoms with E-state index in [1.54, 1.807) is 6.07 Å². The smallest absolute Gasteiger partial charge is 0.267 e. The molecule has 81 valence electrons. The van der Waals surface area contributed by atoms with E-state index in [1.165, 1.54) is 0 Å². The maximum absolute atomic E-state index is 11.3. The van der Waals surface area contributed by atoms with Crippen LogP contribution in [0.2, 0.25) is 0 Å². The number of rotatable bonds is 1. The van der Waals surface area contributed by atoms with Crippen molar-refractivity contribution >= 4 is 27.5 Å². The minimum Gasteiger partial charge on any atom is -0.267 e. The summed E-state index contributed by atoms with van der Waals surface area (Å²) in [6, 6.07) is 17.5. The average molecular weight is 220 g/mol. The molecule has 0 aliphatic heterocycles. The summed E-state index contributed by atoms with van der Waals surface area (Å²) < 4.78 is 0. The lowest BCUT2D eigenvalue weighted by atomic mass is 9.98. The molecule has 3 aromatic carbocycles. The Hall–Kier alpha value is -2.35. The number of amides is 1. The SMILES string of the molecule is [NH]C(=O)c1cccc2c1ccc1ccccc12. The molecule has 0 aromatic heterocycles. The zero-order chi connectivity index (χ0) is 11.8. The molecule has 0 atom stereocenters. The monoisotopic (exact) mass is 220 g/mol. The highest BCUT2D eigenvalue weighted by Gasteiger charge is 2.08. The van der Waals surface area contributed by atoms with Crippen LogP contribution in [0.1, 0.15) is 10.4 Å². The zero-order valence-corrected chi connectivity index (χ0v) is 9.10. The Balaban J connectivity index is 2.52. The second kappa shape index (κ2) is 3.59. The van der Waals surface area contributed by atoms with Gasteiger partial charge in [0, 0.05) is 5.56 Å². The van der Waals surface area contributed by atoms with E-state index in [9.17, 15) is 4.79 Å². The molecule has 3 rings (SSSR count). The maximum Gasteiger partial charge on any atom is 0.270 e. The van der Waals surface area contributed by atoms with Gasteiger partial charge in [-0.3, -0.25) is 10.5 Å². The van der Waals surface area contributed by atoms with Crippen molar-refractivity contribution < 1.29 is 4.79 Å². The molecule has 1 radical (unpaired) electrons. The van der Waals surface area contributed by atoms with Crippen LogP contribution in [0, 0.1) is 0 Å². The molecule has 0 unspecified atom stereocenters. The van der Waals surface area contributed by atoms with E-state index < -0.39 is 5.91 Å². The number of nitrogens with one attached hydrogen (secondary N) is 1. The standard InChI is InChI=1S/C15H10NO/c16-15(17)14-7-3-6-12-11-5-2-1-4-10(11)8-9-13(12)14/h1-9,16H. The third-order valence-electron chi connectivity index (χ3n) is 3.03. The largest absolute Gasteiger partial charge is 0.270 e. The summed E-state index contributed by atoms with van der Waals surface area (Å²) >= 11 is 0. The zero-order valence-electron chi connectivity index (χ0n) is 9.10. The van der Waals surface area contributed by atoms with Gasteiger partial charge in [0.15, 0.2) is 0 Å². The van der Waals surface area contributed by atoms with Gasteiger partial charge in [-0.25, -0.2) is 0 Å². The third-order valence-corrected chi connectivity index (χ3v) is 3.03. The molecule has 0 aliphatic rings. The predicted molar refractivity (Wildman–Crippen MR) is 68.9 cm³/mol. The first-order chi connectivity index (χ1) is 8.27. The van der Waals surface area contributed by atoms with Gasteiger partial charge < -0.3 is 0 Å². The topological polar surface area (TPSA) is 40.9 Å². The fourth-order valence-corrected chi connectivity index (χ4v) is 2.24. The van der Waals surface area contributed by atoms with Crippen molar-refractivity contribution in [3.63, 3.8) is 0 Å². The summed E-state index contributed by atoms with van der Waals surface area (Å²) in [5.74, 6) is -0.633.